The van der Waals surface area contributed by atoms with Gasteiger partial charge in [0.05, 0.1) is 20.8 Å². The van der Waals surface area contributed by atoms with Gasteiger partial charge in [0, 0.05) is 25.6 Å². The standard InChI is InChI=1S/C22H29N3O3.ClH/c1-27-20-9-8-16(10-21(20)28-2)12-24-22(26)15-25-13-18(11-23)19(14-25)17-6-4-3-5-7-17;/h3-10,18-19H,11-15,23H2,1-2H3,(H,24,26);1H/t18-,19+;/m1./s1. The summed E-state index contributed by atoms with van der Waals surface area (Å²) in [5.74, 6) is 2.10. The van der Waals surface area contributed by atoms with Gasteiger partial charge in [-0.25, -0.2) is 0 Å². The first-order valence-corrected chi connectivity index (χ1v) is 9.59. The van der Waals surface area contributed by atoms with E-state index in [-0.39, 0.29) is 18.3 Å². The molecular formula is C22H30ClN3O3. The van der Waals surface area contributed by atoms with Crippen LogP contribution in [0.5, 0.6) is 11.5 Å². The number of benzene rings is 2. The summed E-state index contributed by atoms with van der Waals surface area (Å²) in [5, 5.41) is 2.99. The van der Waals surface area contributed by atoms with E-state index < -0.39 is 0 Å². The predicted octanol–water partition coefficient (Wildman–Crippen LogP) is 2.42. The summed E-state index contributed by atoms with van der Waals surface area (Å²) in [7, 11) is 3.21. The fourth-order valence-corrected chi connectivity index (χ4v) is 3.86. The second-order valence-electron chi connectivity index (χ2n) is 7.17. The maximum Gasteiger partial charge on any atom is 0.234 e. The Hall–Kier alpha value is -2.28. The molecule has 2 aromatic rings. The zero-order chi connectivity index (χ0) is 19.9. The molecule has 1 saturated heterocycles. The second kappa shape index (κ2) is 11.0. The molecule has 2 atom stereocenters. The number of hydrogen-bond donors (Lipinski definition) is 2. The summed E-state index contributed by atoms with van der Waals surface area (Å²) in [4.78, 5) is 14.6. The van der Waals surface area contributed by atoms with E-state index in [1.54, 1.807) is 14.2 Å². The molecule has 0 unspecified atom stereocenters. The van der Waals surface area contributed by atoms with Crippen LogP contribution in [0, 0.1) is 5.92 Å². The number of halogens is 1. The van der Waals surface area contributed by atoms with E-state index in [0.717, 1.165) is 18.7 Å². The number of nitrogens with two attached hydrogens (primary N) is 1. The quantitative estimate of drug-likeness (QED) is 0.687. The molecule has 29 heavy (non-hydrogen) atoms. The van der Waals surface area contributed by atoms with Gasteiger partial charge in [-0.05, 0) is 35.7 Å². The number of carbonyl (C=O) groups excluding carboxylic acids is 1. The third-order valence-corrected chi connectivity index (χ3v) is 5.35. The lowest BCUT2D eigenvalue weighted by Crippen LogP contribution is -2.36. The Morgan fingerprint density at radius 2 is 1.83 bits per heavy atom. The minimum absolute atomic E-state index is 0. The van der Waals surface area contributed by atoms with Crippen LogP contribution in [0.15, 0.2) is 48.5 Å². The average molecular weight is 420 g/mol. The van der Waals surface area contributed by atoms with Crippen LogP contribution < -0.4 is 20.5 Å². The van der Waals surface area contributed by atoms with Gasteiger partial charge in [-0.1, -0.05) is 36.4 Å². The summed E-state index contributed by atoms with van der Waals surface area (Å²) < 4.78 is 10.6. The highest BCUT2D eigenvalue weighted by Gasteiger charge is 2.33. The van der Waals surface area contributed by atoms with Crippen LogP contribution in [0.25, 0.3) is 0 Å². The van der Waals surface area contributed by atoms with E-state index >= 15 is 0 Å². The fraction of sp³-hybridized carbons (Fsp3) is 0.409. The van der Waals surface area contributed by atoms with E-state index in [1.807, 2.05) is 24.3 Å². The number of ether oxygens (including phenoxy) is 2. The Kier molecular flexibility index (Phi) is 8.76. The van der Waals surface area contributed by atoms with Crippen molar-refractivity contribution >= 4 is 18.3 Å². The molecule has 3 rings (SSSR count). The number of carbonyl (C=O) groups is 1. The summed E-state index contributed by atoms with van der Waals surface area (Å²) in [6.07, 6.45) is 0. The van der Waals surface area contributed by atoms with Crippen molar-refractivity contribution in [2.45, 2.75) is 12.5 Å². The summed E-state index contributed by atoms with van der Waals surface area (Å²) in [5.41, 5.74) is 8.26. The normalized spacial score (nSPS) is 18.7. The lowest BCUT2D eigenvalue weighted by molar-refractivity contribution is -0.122. The predicted molar refractivity (Wildman–Crippen MR) is 117 cm³/mol. The van der Waals surface area contributed by atoms with Crippen LogP contribution in [0.4, 0.5) is 0 Å². The van der Waals surface area contributed by atoms with Crippen molar-refractivity contribution in [2.24, 2.45) is 11.7 Å². The lowest BCUT2D eigenvalue weighted by Gasteiger charge is -2.17. The summed E-state index contributed by atoms with van der Waals surface area (Å²) >= 11 is 0. The third-order valence-electron chi connectivity index (χ3n) is 5.35. The van der Waals surface area contributed by atoms with Crippen molar-refractivity contribution in [3.8, 4) is 11.5 Å². The molecule has 0 spiro atoms. The molecule has 158 valence electrons. The zero-order valence-corrected chi connectivity index (χ0v) is 17.8. The van der Waals surface area contributed by atoms with E-state index in [1.165, 1.54) is 5.56 Å². The van der Waals surface area contributed by atoms with E-state index in [4.69, 9.17) is 15.2 Å². The van der Waals surface area contributed by atoms with Gasteiger partial charge in [0.25, 0.3) is 0 Å². The second-order valence-corrected chi connectivity index (χ2v) is 7.17. The lowest BCUT2D eigenvalue weighted by atomic mass is 9.89. The van der Waals surface area contributed by atoms with E-state index in [2.05, 4.69) is 34.5 Å². The molecule has 0 radical (unpaired) electrons. The minimum Gasteiger partial charge on any atom is -0.493 e. The Morgan fingerprint density at radius 3 is 2.48 bits per heavy atom. The highest BCUT2D eigenvalue weighted by Crippen LogP contribution is 2.31. The molecule has 0 bridgehead atoms. The van der Waals surface area contributed by atoms with Gasteiger partial charge < -0.3 is 20.5 Å². The Balaban J connectivity index is 0.00000300. The molecule has 7 heteroatoms. The molecule has 1 aliphatic rings. The SMILES string of the molecule is COc1ccc(CNC(=O)CN2C[C@@H](CN)[C@H](c3ccccc3)C2)cc1OC.Cl. The number of rotatable bonds is 8. The molecule has 1 fully saturated rings. The number of nitrogens with zero attached hydrogens (tertiary/aromatic N) is 1. The van der Waals surface area contributed by atoms with Crippen molar-refractivity contribution < 1.29 is 14.3 Å². The first-order chi connectivity index (χ1) is 13.6. The van der Waals surface area contributed by atoms with E-state index in [0.29, 0.717) is 43.0 Å². The molecule has 1 amide bonds. The van der Waals surface area contributed by atoms with Gasteiger partial charge >= 0.3 is 0 Å². The molecule has 1 aliphatic heterocycles. The van der Waals surface area contributed by atoms with Crippen LogP contribution >= 0.6 is 12.4 Å². The maximum atomic E-state index is 12.4. The smallest absolute Gasteiger partial charge is 0.234 e. The van der Waals surface area contributed by atoms with Gasteiger partial charge in [-0.2, -0.15) is 0 Å². The third kappa shape index (κ3) is 5.85. The van der Waals surface area contributed by atoms with Crippen LogP contribution in [0.1, 0.15) is 17.0 Å². The first kappa shape index (κ1) is 23.0. The number of amides is 1. The van der Waals surface area contributed by atoms with Crippen molar-refractivity contribution in [1.82, 2.24) is 10.2 Å². The van der Waals surface area contributed by atoms with Gasteiger partial charge in [0.15, 0.2) is 11.5 Å². The van der Waals surface area contributed by atoms with Gasteiger partial charge in [-0.15, -0.1) is 12.4 Å². The topological polar surface area (TPSA) is 76.8 Å². The highest BCUT2D eigenvalue weighted by atomic mass is 35.5. The molecule has 0 aromatic heterocycles. The first-order valence-electron chi connectivity index (χ1n) is 9.59. The Bertz CT molecular complexity index is 788. The molecule has 0 saturated carbocycles. The zero-order valence-electron chi connectivity index (χ0n) is 17.0. The summed E-state index contributed by atoms with van der Waals surface area (Å²) in [6, 6.07) is 16.1. The molecule has 2 aromatic carbocycles. The van der Waals surface area contributed by atoms with Crippen molar-refractivity contribution in [1.29, 1.82) is 0 Å². The molecule has 6 nitrogen and oxygen atoms in total. The van der Waals surface area contributed by atoms with E-state index in [9.17, 15) is 4.79 Å². The molecule has 3 N–H and O–H groups in total. The van der Waals surface area contributed by atoms with Gasteiger partial charge in [0.1, 0.15) is 0 Å². The monoisotopic (exact) mass is 419 g/mol. The van der Waals surface area contributed by atoms with Crippen LogP contribution in [-0.4, -0.2) is 51.2 Å². The largest absolute Gasteiger partial charge is 0.493 e. The minimum atomic E-state index is 0. The number of methoxy groups -OCH3 is 2. The van der Waals surface area contributed by atoms with Crippen LogP contribution in [-0.2, 0) is 11.3 Å². The Morgan fingerprint density at radius 1 is 1.10 bits per heavy atom. The molecular weight excluding hydrogens is 390 g/mol. The van der Waals surface area contributed by atoms with Crippen molar-refractivity contribution in [3.05, 3.63) is 59.7 Å². The summed E-state index contributed by atoms with van der Waals surface area (Å²) in [6.45, 7) is 3.17. The number of hydrogen-bond acceptors (Lipinski definition) is 5. The molecule has 0 aliphatic carbocycles. The van der Waals surface area contributed by atoms with Gasteiger partial charge in [-0.3, -0.25) is 9.69 Å². The highest BCUT2D eigenvalue weighted by molar-refractivity contribution is 5.85. The Labute approximate surface area is 178 Å². The van der Waals surface area contributed by atoms with Crippen LogP contribution in [0.3, 0.4) is 0 Å². The maximum absolute atomic E-state index is 12.4. The molecule has 1 heterocycles. The average Bonchev–Trinajstić information content (AvgIpc) is 3.15. The number of likely N-dealkylation sites (tertiary alicyclic amines) is 1. The van der Waals surface area contributed by atoms with Crippen LogP contribution in [0.2, 0.25) is 0 Å². The van der Waals surface area contributed by atoms with Gasteiger partial charge in [0.2, 0.25) is 5.91 Å². The van der Waals surface area contributed by atoms with Crippen molar-refractivity contribution in [2.75, 3.05) is 40.4 Å². The van der Waals surface area contributed by atoms with Crippen molar-refractivity contribution in [3.63, 3.8) is 0 Å². The number of nitrogens with one attached hydrogen (secondary N) is 1. The fourth-order valence-electron chi connectivity index (χ4n) is 3.86.